The van der Waals surface area contributed by atoms with Crippen LogP contribution in [0.3, 0.4) is 0 Å². The lowest BCUT2D eigenvalue weighted by atomic mass is 9.93. The molecule has 0 unspecified atom stereocenters. The molecule has 1 amide bonds. The van der Waals surface area contributed by atoms with Crippen molar-refractivity contribution >= 4 is 5.91 Å². The molecule has 1 aliphatic rings. The SMILES string of the molecule is CN(C)CCN(Cc1ccccc1)C(=O)c1ccc(CN(Cc2ccc(F)cc2)C2CCCCC2)o1. The van der Waals surface area contributed by atoms with E-state index in [1.807, 2.05) is 73.6 Å². The van der Waals surface area contributed by atoms with Gasteiger partial charge in [0, 0.05) is 32.2 Å². The number of hydrogen-bond donors (Lipinski definition) is 0. The highest BCUT2D eigenvalue weighted by Crippen LogP contribution is 2.26. The van der Waals surface area contributed by atoms with Crippen molar-refractivity contribution in [2.24, 2.45) is 0 Å². The lowest BCUT2D eigenvalue weighted by Crippen LogP contribution is -2.36. The Morgan fingerprint density at radius 2 is 1.53 bits per heavy atom. The third kappa shape index (κ3) is 7.52. The summed E-state index contributed by atoms with van der Waals surface area (Å²) < 4.78 is 19.6. The number of nitrogens with zero attached hydrogens (tertiary/aromatic N) is 3. The molecule has 1 aromatic heterocycles. The fourth-order valence-electron chi connectivity index (χ4n) is 4.90. The molecule has 192 valence electrons. The van der Waals surface area contributed by atoms with Crippen LogP contribution in [0, 0.1) is 5.82 Å². The number of benzene rings is 2. The fraction of sp³-hybridized carbons (Fsp3) is 0.433. The molecule has 6 heteroatoms. The van der Waals surface area contributed by atoms with E-state index in [0.717, 1.165) is 42.8 Å². The number of rotatable bonds is 11. The van der Waals surface area contributed by atoms with Crippen LogP contribution in [0.15, 0.2) is 71.1 Å². The van der Waals surface area contributed by atoms with Gasteiger partial charge in [-0.15, -0.1) is 0 Å². The van der Waals surface area contributed by atoms with Crippen LogP contribution in [0.4, 0.5) is 4.39 Å². The molecule has 0 bridgehead atoms. The third-order valence-corrected chi connectivity index (χ3v) is 6.94. The molecule has 1 fully saturated rings. The zero-order valence-corrected chi connectivity index (χ0v) is 21.5. The number of halogens is 1. The Hall–Kier alpha value is -2.96. The van der Waals surface area contributed by atoms with Gasteiger partial charge in [-0.1, -0.05) is 61.7 Å². The lowest BCUT2D eigenvalue weighted by molar-refractivity contribution is 0.0692. The van der Waals surface area contributed by atoms with Gasteiger partial charge in [0.2, 0.25) is 0 Å². The van der Waals surface area contributed by atoms with E-state index in [2.05, 4.69) is 9.80 Å². The first kappa shape index (κ1) is 26.1. The molecule has 1 heterocycles. The van der Waals surface area contributed by atoms with Gasteiger partial charge in [0.15, 0.2) is 5.76 Å². The molecule has 4 rings (SSSR count). The molecular formula is C30H38FN3O2. The number of carbonyl (C=O) groups excluding carboxylic acids is 1. The van der Waals surface area contributed by atoms with Crippen LogP contribution in [0.1, 0.15) is 59.5 Å². The van der Waals surface area contributed by atoms with E-state index in [9.17, 15) is 9.18 Å². The van der Waals surface area contributed by atoms with Gasteiger partial charge in [-0.2, -0.15) is 0 Å². The predicted molar refractivity (Wildman–Crippen MR) is 141 cm³/mol. The van der Waals surface area contributed by atoms with Gasteiger partial charge in [0.05, 0.1) is 6.54 Å². The summed E-state index contributed by atoms with van der Waals surface area (Å²) >= 11 is 0. The average Bonchev–Trinajstić information content (AvgIpc) is 3.36. The van der Waals surface area contributed by atoms with E-state index in [-0.39, 0.29) is 11.7 Å². The van der Waals surface area contributed by atoms with Crippen LogP contribution in [0.25, 0.3) is 0 Å². The molecule has 36 heavy (non-hydrogen) atoms. The van der Waals surface area contributed by atoms with E-state index in [4.69, 9.17) is 4.42 Å². The minimum absolute atomic E-state index is 0.0882. The molecule has 5 nitrogen and oxygen atoms in total. The van der Waals surface area contributed by atoms with Crippen LogP contribution in [-0.2, 0) is 19.6 Å². The Labute approximate surface area is 214 Å². The van der Waals surface area contributed by atoms with Crippen LogP contribution < -0.4 is 0 Å². The van der Waals surface area contributed by atoms with Gasteiger partial charge in [-0.3, -0.25) is 9.69 Å². The second-order valence-electron chi connectivity index (χ2n) is 10.1. The molecule has 3 aromatic rings. The zero-order valence-electron chi connectivity index (χ0n) is 21.5. The third-order valence-electron chi connectivity index (χ3n) is 6.94. The summed E-state index contributed by atoms with van der Waals surface area (Å²) in [6, 6.07) is 21.0. The van der Waals surface area contributed by atoms with Crippen molar-refractivity contribution < 1.29 is 13.6 Å². The zero-order chi connectivity index (χ0) is 25.3. The van der Waals surface area contributed by atoms with Gasteiger partial charge in [-0.25, -0.2) is 4.39 Å². The minimum atomic E-state index is -0.216. The highest BCUT2D eigenvalue weighted by Gasteiger charge is 2.24. The summed E-state index contributed by atoms with van der Waals surface area (Å²) in [5, 5.41) is 0. The maximum atomic E-state index is 13.5. The summed E-state index contributed by atoms with van der Waals surface area (Å²) in [6.07, 6.45) is 6.05. The molecule has 1 aliphatic carbocycles. The molecule has 0 atom stereocenters. The lowest BCUT2D eigenvalue weighted by Gasteiger charge is -2.34. The van der Waals surface area contributed by atoms with Crippen molar-refractivity contribution in [2.75, 3.05) is 27.2 Å². The van der Waals surface area contributed by atoms with Crippen LogP contribution in [0.5, 0.6) is 0 Å². The van der Waals surface area contributed by atoms with E-state index in [1.165, 1.54) is 31.4 Å². The Bertz CT molecular complexity index is 1080. The number of hydrogen-bond acceptors (Lipinski definition) is 4. The Balaban J connectivity index is 1.48. The molecule has 1 saturated carbocycles. The molecule has 0 spiro atoms. The number of carbonyl (C=O) groups is 1. The normalized spacial score (nSPS) is 14.5. The molecule has 0 N–H and O–H groups in total. The quantitative estimate of drug-likeness (QED) is 0.332. The highest BCUT2D eigenvalue weighted by molar-refractivity contribution is 5.91. The second-order valence-corrected chi connectivity index (χ2v) is 10.1. The van der Waals surface area contributed by atoms with Crippen molar-refractivity contribution in [3.8, 4) is 0 Å². The molecule has 0 radical (unpaired) electrons. The molecule has 2 aromatic carbocycles. The topological polar surface area (TPSA) is 39.9 Å². The van der Waals surface area contributed by atoms with Gasteiger partial charge >= 0.3 is 0 Å². The standard InChI is InChI=1S/C30H38FN3O2/c1-32(2)19-20-33(21-24-9-5-3-6-10-24)30(35)29-18-17-28(36-29)23-34(27-11-7-4-8-12-27)22-25-13-15-26(31)16-14-25/h3,5-6,9-10,13-18,27H,4,7-8,11-12,19-23H2,1-2H3. The molecular weight excluding hydrogens is 453 g/mol. The van der Waals surface area contributed by atoms with E-state index < -0.39 is 0 Å². The van der Waals surface area contributed by atoms with Gasteiger partial charge in [-0.05, 0) is 62.3 Å². The Morgan fingerprint density at radius 3 is 2.22 bits per heavy atom. The molecule has 0 aliphatic heterocycles. The van der Waals surface area contributed by atoms with Crippen molar-refractivity contribution in [3.05, 3.63) is 95.2 Å². The first-order valence-corrected chi connectivity index (χ1v) is 13.0. The van der Waals surface area contributed by atoms with E-state index in [0.29, 0.717) is 31.4 Å². The monoisotopic (exact) mass is 491 g/mol. The smallest absolute Gasteiger partial charge is 0.289 e. The summed E-state index contributed by atoms with van der Waals surface area (Å²) in [6.45, 7) is 3.31. The fourth-order valence-corrected chi connectivity index (χ4v) is 4.90. The summed E-state index contributed by atoms with van der Waals surface area (Å²) in [5.41, 5.74) is 2.18. The molecule has 0 saturated heterocycles. The maximum Gasteiger partial charge on any atom is 0.289 e. The van der Waals surface area contributed by atoms with Crippen LogP contribution in [-0.4, -0.2) is 53.8 Å². The minimum Gasteiger partial charge on any atom is -0.455 e. The first-order valence-electron chi connectivity index (χ1n) is 13.0. The second kappa shape index (κ2) is 12.8. The van der Waals surface area contributed by atoms with E-state index >= 15 is 0 Å². The largest absolute Gasteiger partial charge is 0.455 e. The van der Waals surface area contributed by atoms with Crippen LogP contribution >= 0.6 is 0 Å². The highest BCUT2D eigenvalue weighted by atomic mass is 19.1. The average molecular weight is 492 g/mol. The van der Waals surface area contributed by atoms with Crippen LogP contribution in [0.2, 0.25) is 0 Å². The summed E-state index contributed by atoms with van der Waals surface area (Å²) in [7, 11) is 4.02. The van der Waals surface area contributed by atoms with Gasteiger partial charge < -0.3 is 14.2 Å². The van der Waals surface area contributed by atoms with E-state index in [1.54, 1.807) is 0 Å². The first-order chi connectivity index (χ1) is 17.5. The van der Waals surface area contributed by atoms with Crippen molar-refractivity contribution in [1.29, 1.82) is 0 Å². The Kier molecular flexibility index (Phi) is 9.31. The Morgan fingerprint density at radius 1 is 0.833 bits per heavy atom. The summed E-state index contributed by atoms with van der Waals surface area (Å²) in [4.78, 5) is 19.8. The predicted octanol–water partition coefficient (Wildman–Crippen LogP) is 5.96. The number of amides is 1. The van der Waals surface area contributed by atoms with Crippen molar-refractivity contribution in [2.45, 2.75) is 57.8 Å². The van der Waals surface area contributed by atoms with Crippen molar-refractivity contribution in [1.82, 2.24) is 14.7 Å². The number of likely N-dealkylation sites (N-methyl/N-ethyl adjacent to an activating group) is 1. The summed E-state index contributed by atoms with van der Waals surface area (Å²) in [5.74, 6) is 0.865. The van der Waals surface area contributed by atoms with Crippen molar-refractivity contribution in [3.63, 3.8) is 0 Å². The number of furan rings is 1. The van der Waals surface area contributed by atoms with Gasteiger partial charge in [0.1, 0.15) is 11.6 Å². The van der Waals surface area contributed by atoms with Gasteiger partial charge in [0.25, 0.3) is 5.91 Å². The maximum absolute atomic E-state index is 13.5.